The normalized spacial score (nSPS) is 14.9. The van der Waals surface area contributed by atoms with Crippen LogP contribution in [0.1, 0.15) is 11.1 Å². The van der Waals surface area contributed by atoms with Crippen molar-refractivity contribution in [1.82, 2.24) is 0 Å². The number of thioether (sulfide) groups is 1. The largest absolute Gasteiger partial charge is 0.486 e. The summed E-state index contributed by atoms with van der Waals surface area (Å²) in [5.41, 5.74) is 2.33. The van der Waals surface area contributed by atoms with Crippen LogP contribution in [0.5, 0.6) is 5.75 Å². The number of benzene rings is 3. The third-order valence-corrected chi connectivity index (χ3v) is 8.68. The lowest BCUT2D eigenvalue weighted by Gasteiger charge is -2.15. The molecule has 0 unspecified atom stereocenters. The van der Waals surface area contributed by atoms with Crippen LogP contribution in [-0.2, 0) is 11.4 Å². The molecule has 0 saturated carbocycles. The van der Waals surface area contributed by atoms with Gasteiger partial charge in [0.2, 0.25) is 0 Å². The minimum absolute atomic E-state index is 0.199. The van der Waals surface area contributed by atoms with Crippen molar-refractivity contribution >= 4 is 117 Å². The van der Waals surface area contributed by atoms with E-state index >= 15 is 0 Å². The second-order valence-corrected chi connectivity index (χ2v) is 11.9. The lowest BCUT2D eigenvalue weighted by molar-refractivity contribution is -0.113. The Bertz CT molecular complexity index is 1290. The summed E-state index contributed by atoms with van der Waals surface area (Å²) in [6.07, 6.45) is 1.80. The molecule has 0 spiro atoms. The van der Waals surface area contributed by atoms with Crippen LogP contribution in [0.25, 0.3) is 6.08 Å². The van der Waals surface area contributed by atoms with E-state index in [1.54, 1.807) is 24.3 Å². The number of amides is 1. The lowest BCUT2D eigenvalue weighted by Crippen LogP contribution is -2.27. The number of nitrogens with zero attached hydrogens (tertiary/aromatic N) is 1. The Labute approximate surface area is 235 Å². The summed E-state index contributed by atoms with van der Waals surface area (Å²) in [5.74, 6) is 0.443. The van der Waals surface area contributed by atoms with Gasteiger partial charge in [0.15, 0.2) is 4.32 Å². The van der Waals surface area contributed by atoms with Crippen LogP contribution in [0.3, 0.4) is 0 Å². The van der Waals surface area contributed by atoms with Crippen molar-refractivity contribution in [3.05, 3.63) is 94.1 Å². The monoisotopic (exact) mass is 705 g/mol. The molecule has 0 N–H and O–H groups in total. The molecule has 10 heteroatoms. The van der Waals surface area contributed by atoms with Gasteiger partial charge >= 0.3 is 0 Å². The van der Waals surface area contributed by atoms with E-state index in [1.807, 2.05) is 36.4 Å². The first-order valence-electron chi connectivity index (χ1n) is 9.33. The van der Waals surface area contributed by atoms with Gasteiger partial charge in [-0.25, -0.2) is 0 Å². The van der Waals surface area contributed by atoms with Gasteiger partial charge in [0, 0.05) is 15.1 Å². The van der Waals surface area contributed by atoms with Gasteiger partial charge in [-0.2, -0.15) is 0 Å². The van der Waals surface area contributed by atoms with Crippen molar-refractivity contribution in [3.8, 4) is 5.75 Å². The number of rotatable bonds is 5. The van der Waals surface area contributed by atoms with Crippen LogP contribution in [0.4, 0.5) is 5.69 Å². The number of anilines is 1. The third-order valence-electron chi connectivity index (χ3n) is 4.60. The SMILES string of the molecule is O=C1/C(=C\c2cc(Br)c(OCc3ccccc3Cl)c(Br)c2)SC(=S)N1c1ccc(Br)c(Cl)c1. The second kappa shape index (κ2) is 10.8. The molecule has 4 rings (SSSR count). The maximum Gasteiger partial charge on any atom is 0.270 e. The maximum absolute atomic E-state index is 13.1. The smallest absolute Gasteiger partial charge is 0.270 e. The van der Waals surface area contributed by atoms with E-state index < -0.39 is 0 Å². The Morgan fingerprint density at radius 2 is 1.67 bits per heavy atom. The maximum atomic E-state index is 13.1. The summed E-state index contributed by atoms with van der Waals surface area (Å²) in [6, 6.07) is 16.6. The number of halogens is 5. The van der Waals surface area contributed by atoms with Gasteiger partial charge in [0.1, 0.15) is 12.4 Å². The van der Waals surface area contributed by atoms with Crippen LogP contribution in [0.2, 0.25) is 10.0 Å². The first-order valence-corrected chi connectivity index (χ1v) is 13.7. The van der Waals surface area contributed by atoms with Crippen molar-refractivity contribution in [2.45, 2.75) is 6.61 Å². The zero-order chi connectivity index (χ0) is 23.7. The summed E-state index contributed by atoms with van der Waals surface area (Å²) in [5, 5.41) is 1.15. The molecule has 0 aromatic heterocycles. The number of carbonyl (C=O) groups excluding carboxylic acids is 1. The van der Waals surface area contributed by atoms with Gasteiger partial charge in [-0.05, 0) is 95.8 Å². The van der Waals surface area contributed by atoms with Gasteiger partial charge in [0.25, 0.3) is 5.91 Å². The molecule has 1 fully saturated rings. The van der Waals surface area contributed by atoms with E-state index in [4.69, 9.17) is 40.2 Å². The van der Waals surface area contributed by atoms with E-state index in [-0.39, 0.29) is 5.91 Å². The Hall–Kier alpha value is -0.870. The van der Waals surface area contributed by atoms with Gasteiger partial charge in [-0.3, -0.25) is 9.69 Å². The van der Waals surface area contributed by atoms with E-state index in [1.165, 1.54) is 16.7 Å². The fourth-order valence-electron chi connectivity index (χ4n) is 3.03. The first kappa shape index (κ1) is 25.2. The molecule has 3 aromatic carbocycles. The minimum atomic E-state index is -0.199. The second-order valence-electron chi connectivity index (χ2n) is 6.81. The zero-order valence-corrected chi connectivity index (χ0v) is 24.4. The quantitative estimate of drug-likeness (QED) is 0.195. The average Bonchev–Trinajstić information content (AvgIpc) is 3.03. The molecule has 3 aromatic rings. The highest BCUT2D eigenvalue weighted by Gasteiger charge is 2.33. The Morgan fingerprint density at radius 3 is 2.33 bits per heavy atom. The summed E-state index contributed by atoms with van der Waals surface area (Å²) >= 11 is 29.6. The van der Waals surface area contributed by atoms with Crippen molar-refractivity contribution in [1.29, 1.82) is 0 Å². The zero-order valence-electron chi connectivity index (χ0n) is 16.5. The highest BCUT2D eigenvalue weighted by molar-refractivity contribution is 9.11. The molecular weight excluding hydrogens is 697 g/mol. The van der Waals surface area contributed by atoms with Crippen LogP contribution in [-0.4, -0.2) is 10.2 Å². The van der Waals surface area contributed by atoms with Crippen molar-refractivity contribution in [2.24, 2.45) is 0 Å². The van der Waals surface area contributed by atoms with Crippen LogP contribution in [0, 0.1) is 0 Å². The fraction of sp³-hybridized carbons (Fsp3) is 0.0435. The molecule has 0 aliphatic carbocycles. The number of hydrogen-bond donors (Lipinski definition) is 0. The highest BCUT2D eigenvalue weighted by Crippen LogP contribution is 2.40. The Kier molecular flexibility index (Phi) is 8.26. The molecule has 1 aliphatic rings. The predicted octanol–water partition coefficient (Wildman–Crippen LogP) is 9.27. The van der Waals surface area contributed by atoms with Gasteiger partial charge in [-0.15, -0.1) is 0 Å². The highest BCUT2D eigenvalue weighted by atomic mass is 79.9. The average molecular weight is 709 g/mol. The Balaban J connectivity index is 1.56. The lowest BCUT2D eigenvalue weighted by atomic mass is 10.2. The summed E-state index contributed by atoms with van der Waals surface area (Å²) in [7, 11) is 0. The van der Waals surface area contributed by atoms with Gasteiger partial charge in [-0.1, -0.05) is 65.4 Å². The Morgan fingerprint density at radius 1 is 0.970 bits per heavy atom. The van der Waals surface area contributed by atoms with Crippen LogP contribution >= 0.6 is 95.0 Å². The molecule has 168 valence electrons. The molecule has 1 heterocycles. The minimum Gasteiger partial charge on any atom is -0.486 e. The number of thiocarbonyl (C=S) groups is 1. The van der Waals surface area contributed by atoms with Crippen molar-refractivity contribution in [3.63, 3.8) is 0 Å². The third kappa shape index (κ3) is 5.69. The van der Waals surface area contributed by atoms with E-state index in [9.17, 15) is 4.79 Å². The standard InChI is InChI=1S/C23H12Br3Cl2NO2S2/c24-15-6-5-14(10-19(15)28)29-22(30)20(33-23(29)32)9-12-7-16(25)21(17(26)8-12)31-11-13-3-1-2-4-18(13)27/h1-10H,11H2/b20-9+. The first-order chi connectivity index (χ1) is 15.7. The molecule has 0 radical (unpaired) electrons. The molecule has 33 heavy (non-hydrogen) atoms. The van der Waals surface area contributed by atoms with Gasteiger partial charge in [0.05, 0.1) is 24.6 Å². The fourth-order valence-corrected chi connectivity index (χ4v) is 6.39. The van der Waals surface area contributed by atoms with E-state index in [2.05, 4.69) is 47.8 Å². The molecule has 1 amide bonds. The summed E-state index contributed by atoms with van der Waals surface area (Å²) in [4.78, 5) is 15.1. The van der Waals surface area contributed by atoms with Crippen molar-refractivity contribution < 1.29 is 9.53 Å². The molecule has 1 aliphatic heterocycles. The molecule has 1 saturated heterocycles. The molecule has 3 nitrogen and oxygen atoms in total. The number of hydrogen-bond acceptors (Lipinski definition) is 4. The molecular formula is C23H12Br3Cl2NO2S2. The van der Waals surface area contributed by atoms with E-state index in [0.717, 1.165) is 24.5 Å². The number of carbonyl (C=O) groups is 1. The topological polar surface area (TPSA) is 29.5 Å². The molecule has 0 bridgehead atoms. The number of ether oxygens (including phenoxy) is 1. The summed E-state index contributed by atoms with van der Waals surface area (Å²) in [6.45, 7) is 0.324. The van der Waals surface area contributed by atoms with E-state index in [0.29, 0.717) is 37.3 Å². The predicted molar refractivity (Wildman–Crippen MR) is 152 cm³/mol. The van der Waals surface area contributed by atoms with Crippen molar-refractivity contribution in [2.75, 3.05) is 4.90 Å². The molecule has 0 atom stereocenters. The van der Waals surface area contributed by atoms with Crippen LogP contribution < -0.4 is 9.64 Å². The van der Waals surface area contributed by atoms with Gasteiger partial charge < -0.3 is 4.74 Å². The van der Waals surface area contributed by atoms with Crippen LogP contribution in [0.15, 0.2) is 72.9 Å². The summed E-state index contributed by atoms with van der Waals surface area (Å²) < 4.78 is 8.66.